The van der Waals surface area contributed by atoms with Gasteiger partial charge in [-0.05, 0) is 31.2 Å². The van der Waals surface area contributed by atoms with Gasteiger partial charge in [-0.15, -0.1) is 0 Å². The Labute approximate surface area is 121 Å². The fraction of sp³-hybridized carbons (Fsp3) is 0.588. The van der Waals surface area contributed by atoms with Crippen molar-refractivity contribution < 1.29 is 9.53 Å². The van der Waals surface area contributed by atoms with Crippen LogP contribution in [0.1, 0.15) is 51.1 Å². The van der Waals surface area contributed by atoms with Gasteiger partial charge in [0.15, 0.2) is 0 Å². The molecule has 0 bridgehead atoms. The van der Waals surface area contributed by atoms with Crippen molar-refractivity contribution in [2.24, 2.45) is 5.92 Å². The highest BCUT2D eigenvalue weighted by molar-refractivity contribution is 5.77. The van der Waals surface area contributed by atoms with E-state index in [4.69, 9.17) is 4.74 Å². The zero-order chi connectivity index (χ0) is 14.4. The van der Waals surface area contributed by atoms with Gasteiger partial charge in [0.2, 0.25) is 0 Å². The van der Waals surface area contributed by atoms with Gasteiger partial charge in [-0.1, -0.05) is 50.1 Å². The largest absolute Gasteiger partial charge is 0.465 e. The van der Waals surface area contributed by atoms with Gasteiger partial charge in [-0.2, -0.15) is 0 Å². The maximum absolute atomic E-state index is 12.2. The molecule has 2 rings (SSSR count). The van der Waals surface area contributed by atoms with E-state index in [0.29, 0.717) is 12.6 Å². The fourth-order valence-electron chi connectivity index (χ4n) is 2.99. The zero-order valence-electron chi connectivity index (χ0n) is 12.5. The number of hydrogen-bond donors (Lipinski definition) is 1. The molecular formula is C17H25NO2. The van der Waals surface area contributed by atoms with Gasteiger partial charge in [0, 0.05) is 6.04 Å². The van der Waals surface area contributed by atoms with Gasteiger partial charge in [-0.25, -0.2) is 4.79 Å². The molecule has 1 saturated carbocycles. The van der Waals surface area contributed by atoms with E-state index in [0.717, 1.165) is 24.3 Å². The molecule has 1 aliphatic rings. The predicted octanol–water partition coefficient (Wildman–Crippen LogP) is 3.46. The summed E-state index contributed by atoms with van der Waals surface area (Å²) in [4.78, 5) is 12.2. The van der Waals surface area contributed by atoms with Crippen LogP contribution in [0.5, 0.6) is 0 Å². The van der Waals surface area contributed by atoms with E-state index >= 15 is 0 Å². The number of carbonyl (C=O) groups is 1. The van der Waals surface area contributed by atoms with Crippen LogP contribution in [0.3, 0.4) is 0 Å². The molecule has 0 aromatic heterocycles. The molecule has 3 nitrogen and oxygen atoms in total. The molecule has 3 atom stereocenters. The van der Waals surface area contributed by atoms with Crippen LogP contribution in [-0.2, 0) is 9.53 Å². The van der Waals surface area contributed by atoms with Crippen LogP contribution >= 0.6 is 0 Å². The summed E-state index contributed by atoms with van der Waals surface area (Å²) in [5.74, 6) is 0.566. The summed E-state index contributed by atoms with van der Waals surface area (Å²) in [6.45, 7) is 4.56. The first kappa shape index (κ1) is 15.0. The van der Waals surface area contributed by atoms with Gasteiger partial charge in [0.05, 0.1) is 6.61 Å². The Morgan fingerprint density at radius 2 is 2.10 bits per heavy atom. The van der Waals surface area contributed by atoms with Gasteiger partial charge >= 0.3 is 5.97 Å². The monoisotopic (exact) mass is 275 g/mol. The summed E-state index contributed by atoms with van der Waals surface area (Å²) in [6.07, 6.45) is 4.83. The minimum absolute atomic E-state index is 0.170. The SMILES string of the molecule is CCOC(=O)C(NC1CCCC(C)C1)c1ccccc1. The second-order valence-corrected chi connectivity index (χ2v) is 5.73. The lowest BCUT2D eigenvalue weighted by atomic mass is 9.86. The molecule has 1 N–H and O–H groups in total. The average Bonchev–Trinajstić information content (AvgIpc) is 2.46. The topological polar surface area (TPSA) is 38.3 Å². The van der Waals surface area contributed by atoms with Crippen molar-refractivity contribution in [3.05, 3.63) is 35.9 Å². The van der Waals surface area contributed by atoms with Gasteiger partial charge in [-0.3, -0.25) is 5.32 Å². The molecule has 1 fully saturated rings. The van der Waals surface area contributed by atoms with Crippen molar-refractivity contribution in [2.45, 2.75) is 51.6 Å². The van der Waals surface area contributed by atoms with Crippen molar-refractivity contribution in [3.8, 4) is 0 Å². The van der Waals surface area contributed by atoms with Crippen molar-refractivity contribution in [3.63, 3.8) is 0 Å². The molecule has 0 saturated heterocycles. The number of ether oxygens (including phenoxy) is 1. The Morgan fingerprint density at radius 1 is 1.35 bits per heavy atom. The lowest BCUT2D eigenvalue weighted by Gasteiger charge is -2.30. The Hall–Kier alpha value is -1.35. The van der Waals surface area contributed by atoms with Crippen molar-refractivity contribution in [1.82, 2.24) is 5.32 Å². The molecule has 1 aliphatic carbocycles. The maximum Gasteiger partial charge on any atom is 0.327 e. The molecule has 0 radical (unpaired) electrons. The van der Waals surface area contributed by atoms with Gasteiger partial charge < -0.3 is 4.74 Å². The lowest BCUT2D eigenvalue weighted by molar-refractivity contribution is -0.146. The van der Waals surface area contributed by atoms with Crippen LogP contribution < -0.4 is 5.32 Å². The number of benzene rings is 1. The van der Waals surface area contributed by atoms with E-state index in [9.17, 15) is 4.79 Å². The van der Waals surface area contributed by atoms with E-state index in [1.807, 2.05) is 37.3 Å². The average molecular weight is 275 g/mol. The highest BCUT2D eigenvalue weighted by Gasteiger charge is 2.27. The third kappa shape index (κ3) is 4.07. The molecule has 0 heterocycles. The molecular weight excluding hydrogens is 250 g/mol. The summed E-state index contributed by atoms with van der Waals surface area (Å²) in [7, 11) is 0. The van der Waals surface area contributed by atoms with E-state index in [2.05, 4.69) is 12.2 Å². The number of esters is 1. The second kappa shape index (κ2) is 7.44. The van der Waals surface area contributed by atoms with Crippen molar-refractivity contribution in [2.75, 3.05) is 6.61 Å². The fourth-order valence-corrected chi connectivity index (χ4v) is 2.99. The molecule has 1 aromatic rings. The Balaban J connectivity index is 2.08. The lowest BCUT2D eigenvalue weighted by Crippen LogP contribution is -2.40. The van der Waals surface area contributed by atoms with Crippen LogP contribution in [0.25, 0.3) is 0 Å². The highest BCUT2D eigenvalue weighted by atomic mass is 16.5. The number of carbonyl (C=O) groups excluding carboxylic acids is 1. The molecule has 3 heteroatoms. The van der Waals surface area contributed by atoms with Crippen LogP contribution in [0.2, 0.25) is 0 Å². The Morgan fingerprint density at radius 3 is 2.75 bits per heavy atom. The standard InChI is InChI=1S/C17H25NO2/c1-3-20-17(19)16(14-9-5-4-6-10-14)18-15-11-7-8-13(2)12-15/h4-6,9-10,13,15-16,18H,3,7-8,11-12H2,1-2H3. The van der Waals surface area contributed by atoms with E-state index in [1.54, 1.807) is 0 Å². The Bertz CT molecular complexity index is 418. The van der Waals surface area contributed by atoms with Gasteiger partial charge in [0.25, 0.3) is 0 Å². The van der Waals surface area contributed by atoms with E-state index in [-0.39, 0.29) is 12.0 Å². The van der Waals surface area contributed by atoms with Gasteiger partial charge in [0.1, 0.15) is 6.04 Å². The highest BCUT2D eigenvalue weighted by Crippen LogP contribution is 2.26. The summed E-state index contributed by atoms with van der Waals surface area (Å²) >= 11 is 0. The normalized spacial score (nSPS) is 24.1. The molecule has 0 amide bonds. The first-order valence-corrected chi connectivity index (χ1v) is 7.68. The van der Waals surface area contributed by atoms with E-state index in [1.165, 1.54) is 12.8 Å². The zero-order valence-corrected chi connectivity index (χ0v) is 12.5. The molecule has 20 heavy (non-hydrogen) atoms. The van der Waals surface area contributed by atoms with Crippen LogP contribution in [-0.4, -0.2) is 18.6 Å². The first-order valence-electron chi connectivity index (χ1n) is 7.68. The van der Waals surface area contributed by atoms with Crippen LogP contribution in [0.4, 0.5) is 0 Å². The third-order valence-electron chi connectivity index (χ3n) is 3.99. The number of hydrogen-bond acceptors (Lipinski definition) is 3. The molecule has 110 valence electrons. The predicted molar refractivity (Wildman–Crippen MR) is 80.4 cm³/mol. The quantitative estimate of drug-likeness (QED) is 0.836. The smallest absolute Gasteiger partial charge is 0.327 e. The second-order valence-electron chi connectivity index (χ2n) is 5.73. The summed E-state index contributed by atoms with van der Waals surface area (Å²) in [5, 5.41) is 3.51. The Kier molecular flexibility index (Phi) is 5.60. The number of rotatable bonds is 5. The molecule has 0 aliphatic heterocycles. The molecule has 1 aromatic carbocycles. The number of nitrogens with one attached hydrogen (secondary N) is 1. The first-order chi connectivity index (χ1) is 9.70. The third-order valence-corrected chi connectivity index (χ3v) is 3.99. The van der Waals surface area contributed by atoms with E-state index < -0.39 is 0 Å². The van der Waals surface area contributed by atoms with Crippen LogP contribution in [0.15, 0.2) is 30.3 Å². The summed E-state index contributed by atoms with van der Waals surface area (Å²) in [5.41, 5.74) is 0.990. The summed E-state index contributed by atoms with van der Waals surface area (Å²) in [6, 6.07) is 9.94. The molecule has 0 spiro atoms. The molecule has 3 unspecified atom stereocenters. The van der Waals surface area contributed by atoms with Crippen molar-refractivity contribution in [1.29, 1.82) is 0 Å². The maximum atomic E-state index is 12.2. The minimum atomic E-state index is -0.341. The van der Waals surface area contributed by atoms with Crippen LogP contribution in [0, 0.1) is 5.92 Å². The minimum Gasteiger partial charge on any atom is -0.465 e. The summed E-state index contributed by atoms with van der Waals surface area (Å²) < 4.78 is 5.23. The van der Waals surface area contributed by atoms with Crippen molar-refractivity contribution >= 4 is 5.97 Å².